The number of pyridine rings is 1. The van der Waals surface area contributed by atoms with Crippen molar-refractivity contribution < 1.29 is 4.74 Å². The van der Waals surface area contributed by atoms with Crippen LogP contribution in [0.2, 0.25) is 0 Å². The first kappa shape index (κ1) is 15.3. The van der Waals surface area contributed by atoms with E-state index in [1.165, 1.54) is 11.3 Å². The van der Waals surface area contributed by atoms with Gasteiger partial charge in [0.25, 0.3) is 0 Å². The van der Waals surface area contributed by atoms with E-state index < -0.39 is 0 Å². The van der Waals surface area contributed by atoms with Crippen molar-refractivity contribution in [1.29, 1.82) is 0 Å². The summed E-state index contributed by atoms with van der Waals surface area (Å²) < 4.78 is 6.16. The number of ether oxygens (including phenoxy) is 1. The van der Waals surface area contributed by atoms with Crippen molar-refractivity contribution >= 4 is 5.69 Å². The number of aromatic nitrogens is 1. The number of nitrogens with zero attached hydrogens (tertiary/aromatic N) is 2. The van der Waals surface area contributed by atoms with Crippen molar-refractivity contribution in [2.45, 2.75) is 52.4 Å². The van der Waals surface area contributed by atoms with Crippen LogP contribution >= 0.6 is 0 Å². The maximum Gasteiger partial charge on any atom is 0.0808 e. The summed E-state index contributed by atoms with van der Waals surface area (Å²) in [6.45, 7) is 14.4. The highest BCUT2D eigenvalue weighted by Gasteiger charge is 2.38. The molecular weight excluding hydrogens is 250 g/mol. The Morgan fingerprint density at radius 1 is 1.25 bits per heavy atom. The van der Waals surface area contributed by atoms with Crippen molar-refractivity contribution in [2.24, 2.45) is 0 Å². The molecule has 0 spiro atoms. The molecule has 1 saturated heterocycles. The molecule has 1 aromatic heterocycles. The second-order valence-electron chi connectivity index (χ2n) is 6.76. The third kappa shape index (κ3) is 3.70. The molecule has 1 aromatic rings. The number of hydrogen-bond acceptors (Lipinski definition) is 4. The van der Waals surface area contributed by atoms with E-state index in [1.54, 1.807) is 0 Å². The zero-order valence-corrected chi connectivity index (χ0v) is 13.4. The minimum Gasteiger partial charge on any atom is -0.366 e. The minimum atomic E-state index is -0.138. The van der Waals surface area contributed by atoms with Crippen molar-refractivity contribution in [2.75, 3.05) is 24.5 Å². The van der Waals surface area contributed by atoms with Crippen LogP contribution in [0.4, 0.5) is 5.69 Å². The Kier molecular flexibility index (Phi) is 4.35. The first-order chi connectivity index (χ1) is 9.33. The van der Waals surface area contributed by atoms with Crippen LogP contribution in [0.3, 0.4) is 0 Å². The summed E-state index contributed by atoms with van der Waals surface area (Å²) in [7, 11) is 0. The summed E-state index contributed by atoms with van der Waals surface area (Å²) in [4.78, 5) is 6.70. The van der Waals surface area contributed by atoms with E-state index >= 15 is 0 Å². The van der Waals surface area contributed by atoms with Crippen LogP contribution in [-0.2, 0) is 11.3 Å². The predicted molar refractivity (Wildman–Crippen MR) is 83.1 cm³/mol. The molecule has 2 heterocycles. The maximum absolute atomic E-state index is 6.16. The van der Waals surface area contributed by atoms with E-state index in [2.05, 4.69) is 55.9 Å². The summed E-state index contributed by atoms with van der Waals surface area (Å²) in [5.41, 5.74) is 2.24. The average molecular weight is 277 g/mol. The zero-order chi connectivity index (χ0) is 14.8. The SMILES string of the molecule is CCNCc1cnccc1N1CC(C)(C)OC(C)(C)C1. The molecule has 1 fully saturated rings. The van der Waals surface area contributed by atoms with E-state index in [9.17, 15) is 0 Å². The molecule has 0 atom stereocenters. The van der Waals surface area contributed by atoms with Crippen molar-refractivity contribution in [3.05, 3.63) is 24.0 Å². The van der Waals surface area contributed by atoms with Gasteiger partial charge in [-0.15, -0.1) is 0 Å². The van der Waals surface area contributed by atoms with E-state index in [0.29, 0.717) is 0 Å². The summed E-state index contributed by atoms with van der Waals surface area (Å²) >= 11 is 0. The number of rotatable bonds is 4. The second-order valence-corrected chi connectivity index (χ2v) is 6.76. The highest BCUT2D eigenvalue weighted by molar-refractivity contribution is 5.53. The Morgan fingerprint density at radius 3 is 2.50 bits per heavy atom. The van der Waals surface area contributed by atoms with Crippen molar-refractivity contribution in [3.63, 3.8) is 0 Å². The lowest BCUT2D eigenvalue weighted by atomic mass is 9.98. The smallest absolute Gasteiger partial charge is 0.0808 e. The van der Waals surface area contributed by atoms with Gasteiger partial charge in [0.1, 0.15) is 0 Å². The molecule has 2 rings (SSSR count). The van der Waals surface area contributed by atoms with Gasteiger partial charge in [-0.2, -0.15) is 0 Å². The molecule has 1 aliphatic heterocycles. The van der Waals surface area contributed by atoms with Gasteiger partial charge in [-0.1, -0.05) is 6.92 Å². The van der Waals surface area contributed by atoms with Crippen molar-refractivity contribution in [1.82, 2.24) is 10.3 Å². The van der Waals surface area contributed by atoms with Gasteiger partial charge in [0.2, 0.25) is 0 Å². The third-order valence-corrected chi connectivity index (χ3v) is 3.48. The van der Waals surface area contributed by atoms with Gasteiger partial charge in [0.05, 0.1) is 11.2 Å². The van der Waals surface area contributed by atoms with Crippen LogP contribution in [0.25, 0.3) is 0 Å². The molecule has 4 heteroatoms. The molecule has 0 amide bonds. The summed E-state index contributed by atoms with van der Waals surface area (Å²) in [6.07, 6.45) is 3.84. The highest BCUT2D eigenvalue weighted by Crippen LogP contribution is 2.32. The summed E-state index contributed by atoms with van der Waals surface area (Å²) in [5, 5.41) is 3.39. The monoisotopic (exact) mass is 277 g/mol. The first-order valence-corrected chi connectivity index (χ1v) is 7.42. The van der Waals surface area contributed by atoms with E-state index in [-0.39, 0.29) is 11.2 Å². The van der Waals surface area contributed by atoms with Crippen LogP contribution in [0, 0.1) is 0 Å². The van der Waals surface area contributed by atoms with Crippen LogP contribution in [-0.4, -0.2) is 35.8 Å². The summed E-state index contributed by atoms with van der Waals surface area (Å²) in [6, 6.07) is 2.12. The van der Waals surface area contributed by atoms with Gasteiger partial charge in [0.15, 0.2) is 0 Å². The van der Waals surface area contributed by atoms with E-state index in [0.717, 1.165) is 26.2 Å². The largest absolute Gasteiger partial charge is 0.366 e. The fourth-order valence-corrected chi connectivity index (χ4v) is 3.08. The minimum absolute atomic E-state index is 0.138. The standard InChI is InChI=1S/C16H27N3O/c1-6-17-9-13-10-18-8-7-14(13)19-11-15(2,3)20-16(4,5)12-19/h7-8,10,17H,6,9,11-12H2,1-5H3. The molecule has 1 aliphatic rings. The van der Waals surface area contributed by atoms with Crippen LogP contribution in [0.15, 0.2) is 18.5 Å². The second kappa shape index (κ2) is 5.70. The Morgan fingerprint density at radius 2 is 1.90 bits per heavy atom. The predicted octanol–water partition coefficient (Wildman–Crippen LogP) is 2.58. The molecule has 112 valence electrons. The Labute approximate surface area is 122 Å². The van der Waals surface area contributed by atoms with Gasteiger partial charge in [-0.05, 0) is 40.3 Å². The molecule has 0 unspecified atom stereocenters. The fraction of sp³-hybridized carbons (Fsp3) is 0.688. The number of hydrogen-bond donors (Lipinski definition) is 1. The van der Waals surface area contributed by atoms with E-state index in [4.69, 9.17) is 4.74 Å². The van der Waals surface area contributed by atoms with Crippen LogP contribution in [0.5, 0.6) is 0 Å². The molecule has 4 nitrogen and oxygen atoms in total. The van der Waals surface area contributed by atoms with Crippen molar-refractivity contribution in [3.8, 4) is 0 Å². The summed E-state index contributed by atoms with van der Waals surface area (Å²) in [5.74, 6) is 0. The maximum atomic E-state index is 6.16. The number of anilines is 1. The molecule has 0 bridgehead atoms. The molecule has 0 radical (unpaired) electrons. The topological polar surface area (TPSA) is 37.4 Å². The van der Waals surface area contributed by atoms with Gasteiger partial charge in [0, 0.05) is 43.3 Å². The van der Waals surface area contributed by atoms with Gasteiger partial charge < -0.3 is 15.0 Å². The average Bonchev–Trinajstić information content (AvgIpc) is 2.33. The molecule has 0 aliphatic carbocycles. The Bertz CT molecular complexity index is 441. The highest BCUT2D eigenvalue weighted by atomic mass is 16.5. The molecule has 20 heavy (non-hydrogen) atoms. The van der Waals surface area contributed by atoms with Gasteiger partial charge >= 0.3 is 0 Å². The molecule has 1 N–H and O–H groups in total. The fourth-order valence-electron chi connectivity index (χ4n) is 3.08. The lowest BCUT2D eigenvalue weighted by molar-refractivity contribution is -0.133. The molecular formula is C16H27N3O. The molecule has 0 saturated carbocycles. The zero-order valence-electron chi connectivity index (χ0n) is 13.4. The van der Waals surface area contributed by atoms with Crippen LogP contribution in [0.1, 0.15) is 40.2 Å². The third-order valence-electron chi connectivity index (χ3n) is 3.48. The lowest BCUT2D eigenvalue weighted by Gasteiger charge is -2.48. The lowest BCUT2D eigenvalue weighted by Crippen LogP contribution is -2.57. The van der Waals surface area contributed by atoms with Gasteiger partial charge in [-0.3, -0.25) is 4.98 Å². The Hall–Kier alpha value is -1.13. The van der Waals surface area contributed by atoms with E-state index in [1.807, 2.05) is 12.4 Å². The first-order valence-electron chi connectivity index (χ1n) is 7.42. The quantitative estimate of drug-likeness (QED) is 0.918. The van der Waals surface area contributed by atoms with Gasteiger partial charge in [-0.25, -0.2) is 0 Å². The molecule has 0 aromatic carbocycles. The Balaban J connectivity index is 2.26. The number of nitrogens with one attached hydrogen (secondary N) is 1. The number of morpholine rings is 1. The van der Waals surface area contributed by atoms with Crippen LogP contribution < -0.4 is 10.2 Å². The normalized spacial score (nSPS) is 20.9.